The van der Waals surface area contributed by atoms with E-state index >= 15 is 0 Å². The molecule has 0 saturated heterocycles. The van der Waals surface area contributed by atoms with Gasteiger partial charge in [-0.1, -0.05) is 266 Å². The topological polar surface area (TPSA) is 167 Å². The highest BCUT2D eigenvalue weighted by Crippen LogP contribution is 2.37. The average Bonchev–Trinajstić information content (AvgIpc) is 0.778. The summed E-state index contributed by atoms with van der Waals surface area (Å²) in [4.78, 5) is 72.7. The molecule has 118 heavy (non-hydrogen) atoms. The number of carbonyl (C=O) groups is 5. The molecule has 12 bridgehead atoms. The third-order valence-corrected chi connectivity index (χ3v) is 19.9. The number of nitrogens with zero attached hydrogens (tertiary/aromatic N) is 1. The van der Waals surface area contributed by atoms with Crippen molar-refractivity contribution in [1.29, 1.82) is 0 Å². The van der Waals surface area contributed by atoms with Crippen LogP contribution in [0.15, 0.2) is 320 Å². The molecule has 7 heterocycles. The summed E-state index contributed by atoms with van der Waals surface area (Å²) in [5, 5.41) is 14.6. The first-order valence-corrected chi connectivity index (χ1v) is 39.7. The van der Waals surface area contributed by atoms with Crippen molar-refractivity contribution >= 4 is 35.7 Å². The van der Waals surface area contributed by atoms with Crippen molar-refractivity contribution in [2.24, 2.45) is 4.99 Å². The number of hydrogen-bond acceptors (Lipinski definition) is 10. The molecule has 19 rings (SSSR count). The highest BCUT2D eigenvalue weighted by Gasteiger charge is 2.24. The summed E-state index contributed by atoms with van der Waals surface area (Å²) in [5.74, 6) is 23.5. The van der Waals surface area contributed by atoms with Crippen LogP contribution in [0.3, 0.4) is 0 Å². The van der Waals surface area contributed by atoms with Crippen LogP contribution in [0.25, 0.3) is 44.5 Å². The predicted molar refractivity (Wildman–Crippen MR) is 467 cm³/mol. The van der Waals surface area contributed by atoms with Gasteiger partial charge in [0.25, 0.3) is 0 Å². The first-order chi connectivity index (χ1) is 57.9. The van der Waals surface area contributed by atoms with Gasteiger partial charge >= 0.3 is 29.8 Å². The summed E-state index contributed by atoms with van der Waals surface area (Å²) in [5.41, 5.74) is 15.8. The highest BCUT2D eigenvalue weighted by atomic mass is 16.5. The molecule has 2 unspecified atom stereocenters. The van der Waals surface area contributed by atoms with Crippen LogP contribution in [0.1, 0.15) is 190 Å². The number of rotatable bonds is 6. The summed E-state index contributed by atoms with van der Waals surface area (Å²) < 4.78 is 23.0. The number of amidine groups is 1. The summed E-state index contributed by atoms with van der Waals surface area (Å²) in [6.45, 7) is 5.09. The number of allylic oxidation sites excluding steroid dienone is 4. The van der Waals surface area contributed by atoms with Crippen LogP contribution in [0, 0.1) is 47.4 Å². The van der Waals surface area contributed by atoms with Gasteiger partial charge in [-0.2, -0.15) is 0 Å². The van der Waals surface area contributed by atoms with Gasteiger partial charge in [0.2, 0.25) is 0 Å². The van der Waals surface area contributed by atoms with Gasteiger partial charge in [-0.15, -0.1) is 0 Å². The second kappa shape index (κ2) is 41.3. The number of aliphatic imine (C=N–C) groups is 1. The molecule has 0 radical (unpaired) electrons. The van der Waals surface area contributed by atoms with Gasteiger partial charge in [-0.3, -0.25) is 4.99 Å². The number of ether oxygens (including phenoxy) is 4. The molecule has 2 atom stereocenters. The molecule has 12 nitrogen and oxygen atoms in total. The normalized spacial score (nSPS) is 13.9. The molecule has 0 aromatic heterocycles. The number of carbonyl (C=O) groups excluding carboxylic acids is 4. The average molecular weight is 1550 g/mol. The monoisotopic (exact) mass is 1550 g/mol. The van der Waals surface area contributed by atoms with Crippen molar-refractivity contribution in [3.05, 3.63) is 405 Å². The largest absolute Gasteiger partial charge is 0.478 e. The standard InChI is InChI=1S/C106H86N2O10/c1-75(81-31-13-11-14-32-81)107-101(108-76(2)82-33-15-12-16-34-82)99-91-43-29-44-92(99)88-65-53-78(54-66-88)48-60-84-36-18-22-40-96(84)104(112)116-72-26-8-4-6-10-28-74-118-106(114)98-42-24-20-38-86(98)62-50-80-57-69-90(70-58-80)94-46-30-45-93(100(94)102(109)110)89-67-55-79(56-68-89)49-61-85-37-19-23-41-97(85)105(113)117-73-27-9-5-3-7-25-71-115-103(111)95-39-21-17-35-83(95)59-47-77-51-63-87(91)64-52-77/h3-6,11-24,29-46,51-58,63-70,75-76H,7-10,25-28,71-74H2,1-2H3,(H,107,108)(H,109,110). The molecule has 580 valence electrons. The Balaban J connectivity index is 0.726. The van der Waals surface area contributed by atoms with Gasteiger partial charge in [0.05, 0.1) is 60.3 Å². The molecule has 12 aromatic rings. The summed E-state index contributed by atoms with van der Waals surface area (Å²) in [6, 6.07) is 91.2. The fraction of sp³-hybridized carbons (Fsp3) is 0.151. The maximum atomic E-state index is 13.6. The molecule has 2 N–H and O–H groups in total. The Morgan fingerprint density at radius 2 is 0.576 bits per heavy atom. The summed E-state index contributed by atoms with van der Waals surface area (Å²) >= 11 is 0. The van der Waals surface area contributed by atoms with E-state index in [0.29, 0.717) is 135 Å². The van der Waals surface area contributed by atoms with Crippen LogP contribution < -0.4 is 5.32 Å². The van der Waals surface area contributed by atoms with Crippen LogP contribution in [0.2, 0.25) is 0 Å². The number of carboxylic acid groups (broad SMARTS) is 1. The third-order valence-electron chi connectivity index (χ3n) is 19.9. The van der Waals surface area contributed by atoms with Crippen molar-refractivity contribution < 1.29 is 48.0 Å². The van der Waals surface area contributed by atoms with Crippen LogP contribution in [-0.4, -0.2) is 67.2 Å². The van der Waals surface area contributed by atoms with Gasteiger partial charge < -0.3 is 29.4 Å². The van der Waals surface area contributed by atoms with Crippen LogP contribution >= 0.6 is 0 Å². The molecule has 0 amide bonds. The van der Waals surface area contributed by atoms with E-state index in [2.05, 4.69) is 133 Å². The molecule has 12 heteroatoms. The highest BCUT2D eigenvalue weighted by molar-refractivity contribution is 6.10. The molecule has 0 aliphatic carbocycles. The van der Waals surface area contributed by atoms with E-state index in [1.165, 1.54) is 0 Å². The number of aromatic carboxylic acids is 1. The minimum Gasteiger partial charge on any atom is -0.478 e. The van der Waals surface area contributed by atoms with E-state index in [0.717, 1.165) is 50.1 Å². The van der Waals surface area contributed by atoms with E-state index in [-0.39, 0.29) is 44.1 Å². The van der Waals surface area contributed by atoms with Gasteiger partial charge in [0.1, 0.15) is 5.84 Å². The van der Waals surface area contributed by atoms with Gasteiger partial charge in [0.15, 0.2) is 0 Å². The van der Waals surface area contributed by atoms with Gasteiger partial charge in [-0.25, -0.2) is 24.0 Å². The molecule has 12 aromatic carbocycles. The van der Waals surface area contributed by atoms with Crippen LogP contribution in [-0.2, 0) is 18.9 Å². The maximum Gasteiger partial charge on any atom is 0.339 e. The van der Waals surface area contributed by atoms with Crippen molar-refractivity contribution in [1.82, 2.24) is 5.32 Å². The van der Waals surface area contributed by atoms with E-state index in [9.17, 15) is 29.1 Å². The molecular weight excluding hydrogens is 1460 g/mol. The SMILES string of the molecule is CC(N=C(NC(C)c1ccccc1)c1c2cccc1-c1ccc(cc1)C#Cc1ccccc1C(=O)OCCCC=CCCCOC(=O)c1ccccc1C#Cc1ccc(cc1)-c1cccc(c1C(=O)O)-c1ccc(cc1)C#Cc1ccccc1C(=O)OCCCC=CCCCOC(=O)c1ccccc1C#Cc1ccc-2cc1)c1ccccc1. The molecule has 0 saturated carbocycles. The Bertz CT molecular complexity index is 5650. The van der Waals surface area contributed by atoms with Crippen LogP contribution in [0.4, 0.5) is 0 Å². The van der Waals surface area contributed by atoms with E-state index in [1.807, 2.05) is 176 Å². The summed E-state index contributed by atoms with van der Waals surface area (Å²) in [7, 11) is 0. The minimum atomic E-state index is -1.09. The predicted octanol–water partition coefficient (Wildman–Crippen LogP) is 22.1. The zero-order chi connectivity index (χ0) is 81.6. The van der Waals surface area contributed by atoms with Crippen molar-refractivity contribution in [3.8, 4) is 91.9 Å². The van der Waals surface area contributed by atoms with Gasteiger partial charge in [-0.05, 0) is 218 Å². The van der Waals surface area contributed by atoms with Crippen molar-refractivity contribution in [2.75, 3.05) is 26.4 Å². The van der Waals surface area contributed by atoms with E-state index in [1.54, 1.807) is 72.8 Å². The molecular formula is C106H86N2O10. The number of nitrogens with one attached hydrogen (secondary N) is 1. The quantitative estimate of drug-likeness (QED) is 0.0406. The van der Waals surface area contributed by atoms with Gasteiger partial charge in [0, 0.05) is 56.1 Å². The smallest absolute Gasteiger partial charge is 0.339 e. The zero-order valence-electron chi connectivity index (χ0n) is 65.7. The first-order valence-electron chi connectivity index (χ1n) is 39.7. The lowest BCUT2D eigenvalue weighted by Crippen LogP contribution is -2.29. The number of hydrogen-bond donors (Lipinski definition) is 2. The second-order valence-corrected chi connectivity index (χ2v) is 28.1. The molecule has 7 aliphatic heterocycles. The Kier molecular flexibility index (Phi) is 28.4. The lowest BCUT2D eigenvalue weighted by Gasteiger charge is -2.24. The maximum absolute atomic E-state index is 13.6. The Morgan fingerprint density at radius 1 is 0.314 bits per heavy atom. The molecule has 0 spiro atoms. The lowest BCUT2D eigenvalue weighted by atomic mass is 9.89. The minimum absolute atomic E-state index is 0.134. The molecule has 7 aliphatic rings. The lowest BCUT2D eigenvalue weighted by molar-refractivity contribution is 0.0491. The Morgan fingerprint density at radius 3 is 0.873 bits per heavy atom. The first kappa shape index (κ1) is 81.2. The molecule has 0 fully saturated rings. The number of esters is 4. The number of carboxylic acids is 1. The number of benzene rings is 12. The zero-order valence-corrected chi connectivity index (χ0v) is 65.7. The fourth-order valence-electron chi connectivity index (χ4n) is 13.6. The summed E-state index contributed by atoms with van der Waals surface area (Å²) in [6.07, 6.45) is 13.3. The third kappa shape index (κ3) is 21.9. The Hall–Kier alpha value is -14.8. The fourth-order valence-corrected chi connectivity index (χ4v) is 13.6. The van der Waals surface area contributed by atoms with E-state index in [4.69, 9.17) is 23.9 Å². The van der Waals surface area contributed by atoms with E-state index < -0.39 is 29.8 Å². The Labute approximate surface area is 690 Å². The van der Waals surface area contributed by atoms with Crippen molar-refractivity contribution in [2.45, 2.75) is 77.3 Å². The van der Waals surface area contributed by atoms with Crippen LogP contribution in [0.5, 0.6) is 0 Å². The van der Waals surface area contributed by atoms with Crippen molar-refractivity contribution in [3.63, 3.8) is 0 Å². The second-order valence-electron chi connectivity index (χ2n) is 28.1.